The molecule has 3 aromatic carbocycles. The molecule has 0 fully saturated rings. The SMILES string of the molecule is COC(=O)COc1ccc(/C=N\NC(=O)CN(c2ccc([N+](=O)[O-])cc2)S(=O)(=O)c2ccccc2)cc1. The number of nitrogens with one attached hydrogen (secondary N) is 1. The zero-order valence-electron chi connectivity index (χ0n) is 19.5. The summed E-state index contributed by atoms with van der Waals surface area (Å²) in [4.78, 5) is 34.0. The van der Waals surface area contributed by atoms with E-state index in [2.05, 4.69) is 15.3 Å². The largest absolute Gasteiger partial charge is 0.482 e. The number of carbonyl (C=O) groups is 2. The maximum atomic E-state index is 13.3. The second-order valence-corrected chi connectivity index (χ2v) is 9.19. The van der Waals surface area contributed by atoms with E-state index in [1.807, 2.05) is 0 Å². The number of hydrazone groups is 1. The van der Waals surface area contributed by atoms with Crippen LogP contribution >= 0.6 is 0 Å². The van der Waals surface area contributed by atoms with E-state index in [1.165, 1.54) is 49.7 Å². The highest BCUT2D eigenvalue weighted by Crippen LogP contribution is 2.25. The van der Waals surface area contributed by atoms with Crippen molar-refractivity contribution in [2.24, 2.45) is 5.10 Å². The molecule has 12 nitrogen and oxygen atoms in total. The van der Waals surface area contributed by atoms with Crippen LogP contribution in [-0.4, -0.2) is 51.7 Å². The van der Waals surface area contributed by atoms with Crippen LogP contribution in [0.25, 0.3) is 0 Å². The lowest BCUT2D eigenvalue weighted by Gasteiger charge is -2.23. The fourth-order valence-corrected chi connectivity index (χ4v) is 4.41. The summed E-state index contributed by atoms with van der Waals surface area (Å²) in [5.74, 6) is -0.839. The van der Waals surface area contributed by atoms with Crippen molar-refractivity contribution >= 4 is 39.5 Å². The highest BCUT2D eigenvalue weighted by Gasteiger charge is 2.27. The lowest BCUT2D eigenvalue weighted by molar-refractivity contribution is -0.384. The number of ether oxygens (including phenoxy) is 2. The summed E-state index contributed by atoms with van der Waals surface area (Å²) >= 11 is 0. The summed E-state index contributed by atoms with van der Waals surface area (Å²) in [7, 11) is -2.92. The first-order chi connectivity index (χ1) is 17.7. The molecule has 0 unspecified atom stereocenters. The molecule has 0 aliphatic heterocycles. The van der Waals surface area contributed by atoms with Crippen LogP contribution in [0.3, 0.4) is 0 Å². The monoisotopic (exact) mass is 526 g/mol. The van der Waals surface area contributed by atoms with Crippen LogP contribution in [0.15, 0.2) is 88.9 Å². The summed E-state index contributed by atoms with van der Waals surface area (Å²) < 4.78 is 37.1. The number of benzene rings is 3. The number of methoxy groups -OCH3 is 1. The molecule has 0 saturated carbocycles. The molecule has 0 bridgehead atoms. The number of nitro benzene ring substituents is 1. The van der Waals surface area contributed by atoms with Crippen LogP contribution in [-0.2, 0) is 24.3 Å². The van der Waals surface area contributed by atoms with E-state index in [9.17, 15) is 28.1 Å². The molecule has 1 N–H and O–H groups in total. The molecule has 3 aromatic rings. The Kier molecular flexibility index (Phi) is 8.89. The van der Waals surface area contributed by atoms with Crippen molar-refractivity contribution in [3.05, 3.63) is 94.5 Å². The predicted molar refractivity (Wildman–Crippen MR) is 134 cm³/mol. The van der Waals surface area contributed by atoms with Crippen LogP contribution in [0.4, 0.5) is 11.4 Å². The number of esters is 1. The van der Waals surface area contributed by atoms with Gasteiger partial charge >= 0.3 is 5.97 Å². The number of amides is 1. The molecule has 37 heavy (non-hydrogen) atoms. The molecule has 0 atom stereocenters. The van der Waals surface area contributed by atoms with E-state index in [1.54, 1.807) is 30.3 Å². The number of anilines is 1. The van der Waals surface area contributed by atoms with Gasteiger partial charge in [-0.25, -0.2) is 18.6 Å². The average molecular weight is 527 g/mol. The van der Waals surface area contributed by atoms with Gasteiger partial charge in [0.2, 0.25) is 0 Å². The molecule has 0 saturated heterocycles. The van der Waals surface area contributed by atoms with E-state index in [-0.39, 0.29) is 22.9 Å². The van der Waals surface area contributed by atoms with Crippen molar-refractivity contribution in [2.75, 3.05) is 24.6 Å². The van der Waals surface area contributed by atoms with Gasteiger partial charge in [0.15, 0.2) is 6.61 Å². The highest BCUT2D eigenvalue weighted by atomic mass is 32.2. The summed E-state index contributed by atoms with van der Waals surface area (Å²) in [6.45, 7) is -0.871. The molecule has 0 aromatic heterocycles. The Labute approximate surface area is 212 Å². The van der Waals surface area contributed by atoms with Gasteiger partial charge in [-0.3, -0.25) is 19.2 Å². The normalized spacial score (nSPS) is 11.1. The molecule has 0 radical (unpaired) electrons. The van der Waals surface area contributed by atoms with Gasteiger partial charge in [0, 0.05) is 12.1 Å². The van der Waals surface area contributed by atoms with Crippen molar-refractivity contribution in [3.8, 4) is 5.75 Å². The number of nitrogens with zero attached hydrogens (tertiary/aromatic N) is 3. The Hall–Kier alpha value is -4.78. The predicted octanol–water partition coefficient (Wildman–Crippen LogP) is 2.49. The third-order valence-electron chi connectivity index (χ3n) is 4.83. The molecular weight excluding hydrogens is 504 g/mol. The van der Waals surface area contributed by atoms with Crippen molar-refractivity contribution in [3.63, 3.8) is 0 Å². The number of rotatable bonds is 11. The summed E-state index contributed by atoms with van der Waals surface area (Å²) in [5, 5.41) is 14.8. The third-order valence-corrected chi connectivity index (χ3v) is 6.62. The quantitative estimate of drug-likeness (QED) is 0.173. The first kappa shape index (κ1) is 26.8. The van der Waals surface area contributed by atoms with Crippen molar-refractivity contribution in [1.29, 1.82) is 0 Å². The van der Waals surface area contributed by atoms with Gasteiger partial charge in [0.1, 0.15) is 12.3 Å². The van der Waals surface area contributed by atoms with Gasteiger partial charge < -0.3 is 9.47 Å². The lowest BCUT2D eigenvalue weighted by Crippen LogP contribution is -2.39. The van der Waals surface area contributed by atoms with E-state index >= 15 is 0 Å². The molecule has 0 heterocycles. The Morgan fingerprint density at radius 1 is 1.03 bits per heavy atom. The number of non-ortho nitro benzene ring substituents is 1. The highest BCUT2D eigenvalue weighted by molar-refractivity contribution is 7.92. The van der Waals surface area contributed by atoms with Crippen LogP contribution in [0.5, 0.6) is 5.75 Å². The molecular formula is C24H22N4O8S. The van der Waals surface area contributed by atoms with Crippen molar-refractivity contribution in [2.45, 2.75) is 4.90 Å². The van der Waals surface area contributed by atoms with E-state index < -0.39 is 33.4 Å². The van der Waals surface area contributed by atoms with E-state index in [0.29, 0.717) is 11.3 Å². The topological polar surface area (TPSA) is 158 Å². The molecule has 13 heteroatoms. The zero-order valence-corrected chi connectivity index (χ0v) is 20.3. The first-order valence-corrected chi connectivity index (χ1v) is 12.1. The fourth-order valence-electron chi connectivity index (χ4n) is 2.97. The number of nitro groups is 1. The lowest BCUT2D eigenvalue weighted by atomic mass is 10.2. The van der Waals surface area contributed by atoms with Gasteiger partial charge in [-0.05, 0) is 54.1 Å². The minimum Gasteiger partial charge on any atom is -0.482 e. The smallest absolute Gasteiger partial charge is 0.343 e. The summed E-state index contributed by atoms with van der Waals surface area (Å²) in [5.41, 5.74) is 2.70. The Morgan fingerprint density at radius 2 is 1.68 bits per heavy atom. The van der Waals surface area contributed by atoms with Crippen molar-refractivity contribution < 1.29 is 32.4 Å². The number of hydrogen-bond acceptors (Lipinski definition) is 9. The number of hydrogen-bond donors (Lipinski definition) is 1. The first-order valence-electron chi connectivity index (χ1n) is 10.6. The minimum atomic E-state index is -4.17. The van der Waals surface area contributed by atoms with Gasteiger partial charge in [-0.15, -0.1) is 0 Å². The average Bonchev–Trinajstić information content (AvgIpc) is 2.91. The molecule has 0 aliphatic carbocycles. The minimum absolute atomic E-state index is 0.0563. The Balaban J connectivity index is 1.72. The van der Waals surface area contributed by atoms with Gasteiger partial charge in [-0.2, -0.15) is 5.10 Å². The van der Waals surface area contributed by atoms with Gasteiger partial charge in [-0.1, -0.05) is 18.2 Å². The van der Waals surface area contributed by atoms with E-state index in [0.717, 1.165) is 16.4 Å². The maximum absolute atomic E-state index is 13.3. The zero-order chi connectivity index (χ0) is 26.8. The van der Waals surface area contributed by atoms with Crippen molar-refractivity contribution in [1.82, 2.24) is 5.43 Å². The van der Waals surface area contributed by atoms with Gasteiger partial charge in [0.25, 0.3) is 21.6 Å². The standard InChI is InChI=1S/C24H22N4O8S/c1-35-24(30)17-36-21-13-7-18(8-14-21)15-25-26-23(29)16-27(19-9-11-20(12-10-19)28(31)32)37(33,34)22-5-3-2-4-6-22/h2-15H,16-17H2,1H3,(H,26,29)/b25-15-. The number of sulfonamides is 1. The fraction of sp³-hybridized carbons (Fsp3) is 0.125. The third kappa shape index (κ3) is 7.35. The molecule has 192 valence electrons. The second kappa shape index (κ2) is 12.3. The summed E-state index contributed by atoms with van der Waals surface area (Å²) in [6.07, 6.45) is 1.34. The van der Waals surface area contributed by atoms with Crippen LogP contribution in [0.1, 0.15) is 5.56 Å². The number of carbonyl (C=O) groups excluding carboxylic acids is 2. The van der Waals surface area contributed by atoms with Gasteiger partial charge in [0.05, 0.1) is 28.8 Å². The molecule has 0 spiro atoms. The van der Waals surface area contributed by atoms with Crippen LogP contribution in [0.2, 0.25) is 0 Å². The van der Waals surface area contributed by atoms with Crippen LogP contribution < -0.4 is 14.5 Å². The summed E-state index contributed by atoms with van der Waals surface area (Å²) in [6, 6.07) is 18.7. The molecule has 0 aliphatic rings. The Bertz CT molecular complexity index is 1380. The second-order valence-electron chi connectivity index (χ2n) is 7.33. The molecule has 3 rings (SSSR count). The van der Waals surface area contributed by atoms with E-state index in [4.69, 9.17) is 4.74 Å². The molecule has 1 amide bonds. The van der Waals surface area contributed by atoms with Crippen LogP contribution in [0, 0.1) is 10.1 Å². The maximum Gasteiger partial charge on any atom is 0.343 e. The Morgan fingerprint density at radius 3 is 2.27 bits per heavy atom.